The molecule has 7 heteroatoms. The lowest BCUT2D eigenvalue weighted by atomic mass is 10.0. The number of nitrogens with zero attached hydrogens (tertiary/aromatic N) is 3. The van der Waals surface area contributed by atoms with Crippen LogP contribution in [-0.4, -0.2) is 8.80 Å². The highest BCUT2D eigenvalue weighted by Gasteiger charge is 2.48. The first-order chi connectivity index (χ1) is 36.1. The molecule has 0 saturated heterocycles. The zero-order chi connectivity index (χ0) is 47.2. The molecule has 0 saturated carbocycles. The SMILES string of the molecule is c1cc2c3c(c1)N(c1ccc4oc5cc6ccccc6cc5c4c1)c1cccc4c1[SiH]3c1c(cccc1N4c1ccc3oc4cc5ccccc5cc4c3c1)N2c1ccc2oc3cc4ccccc4cc3c2c1. The molecule has 338 valence electrons. The molecule has 0 radical (unpaired) electrons. The summed E-state index contributed by atoms with van der Waals surface area (Å²) in [7, 11) is -2.21. The molecule has 0 atom stereocenters. The third kappa shape index (κ3) is 5.05. The van der Waals surface area contributed by atoms with Crippen LogP contribution in [0.15, 0.2) is 232 Å². The minimum Gasteiger partial charge on any atom is -0.456 e. The van der Waals surface area contributed by atoms with Crippen molar-refractivity contribution in [2.45, 2.75) is 0 Å². The first-order valence-corrected chi connectivity index (χ1v) is 26.7. The van der Waals surface area contributed by atoms with Gasteiger partial charge in [0.2, 0.25) is 0 Å². The lowest BCUT2D eigenvalue weighted by Gasteiger charge is -2.49. The lowest BCUT2D eigenvalue weighted by molar-refractivity contribution is 0.669. The molecule has 0 N–H and O–H groups in total. The first-order valence-electron chi connectivity index (χ1n) is 25.0. The molecular weight excluding hydrogens is 911 g/mol. The Morgan fingerprint density at radius 1 is 0.233 bits per heavy atom. The summed E-state index contributed by atoms with van der Waals surface area (Å²) in [6.07, 6.45) is 0. The van der Waals surface area contributed by atoms with Crippen LogP contribution in [0.3, 0.4) is 0 Å². The van der Waals surface area contributed by atoms with E-state index in [0.29, 0.717) is 0 Å². The minimum atomic E-state index is -2.21. The monoisotopic (exact) mass is 947 g/mol. The quantitative estimate of drug-likeness (QED) is 0.165. The van der Waals surface area contributed by atoms with Crippen molar-refractivity contribution >= 4 is 174 Å². The summed E-state index contributed by atoms with van der Waals surface area (Å²) in [5.41, 5.74) is 15.9. The number of benzene rings is 12. The normalized spacial score (nSPS) is 13.9. The topological polar surface area (TPSA) is 49.1 Å². The summed E-state index contributed by atoms with van der Waals surface area (Å²) in [4.78, 5) is 7.60. The van der Waals surface area contributed by atoms with Crippen molar-refractivity contribution in [3.8, 4) is 0 Å². The summed E-state index contributed by atoms with van der Waals surface area (Å²) in [6.45, 7) is 0. The fourth-order valence-electron chi connectivity index (χ4n) is 13.1. The van der Waals surface area contributed by atoms with Gasteiger partial charge in [0.15, 0.2) is 0 Å². The molecule has 6 heterocycles. The van der Waals surface area contributed by atoms with Crippen LogP contribution in [-0.2, 0) is 0 Å². The smallest absolute Gasteiger partial charge is 0.149 e. The number of fused-ring (bicyclic) bond motifs is 12. The first kappa shape index (κ1) is 38.2. The molecule has 0 bridgehead atoms. The number of hydrogen-bond acceptors (Lipinski definition) is 6. The van der Waals surface area contributed by atoms with Crippen molar-refractivity contribution in [2.75, 3.05) is 14.7 Å². The van der Waals surface area contributed by atoms with Crippen LogP contribution < -0.4 is 30.3 Å². The summed E-state index contributed by atoms with van der Waals surface area (Å²) in [6, 6.07) is 80.2. The van der Waals surface area contributed by atoms with Gasteiger partial charge in [0.1, 0.15) is 42.3 Å². The number of rotatable bonds is 3. The van der Waals surface area contributed by atoms with Crippen LogP contribution in [0.2, 0.25) is 0 Å². The molecule has 73 heavy (non-hydrogen) atoms. The van der Waals surface area contributed by atoms with Crippen LogP contribution in [0.25, 0.3) is 98.1 Å². The predicted molar refractivity (Wildman–Crippen MR) is 304 cm³/mol. The Labute approximate surface area is 417 Å². The molecule has 3 aliphatic rings. The van der Waals surface area contributed by atoms with E-state index < -0.39 is 8.80 Å². The van der Waals surface area contributed by atoms with Gasteiger partial charge in [0, 0.05) is 83.5 Å². The average molecular weight is 948 g/mol. The van der Waals surface area contributed by atoms with E-state index >= 15 is 0 Å². The van der Waals surface area contributed by atoms with E-state index in [1.54, 1.807) is 0 Å². The maximum absolute atomic E-state index is 6.60. The van der Waals surface area contributed by atoms with Crippen molar-refractivity contribution in [1.29, 1.82) is 0 Å². The molecular formula is C66H37N3O3Si. The van der Waals surface area contributed by atoms with Gasteiger partial charge in [-0.05, 0) is 175 Å². The summed E-state index contributed by atoms with van der Waals surface area (Å²) < 4.78 is 19.8. The molecule has 0 spiro atoms. The molecule has 0 aliphatic carbocycles. The molecule has 0 amide bonds. The van der Waals surface area contributed by atoms with E-state index in [9.17, 15) is 0 Å². The van der Waals surface area contributed by atoms with Gasteiger partial charge in [-0.1, -0.05) is 91.0 Å². The van der Waals surface area contributed by atoms with E-state index in [0.717, 1.165) is 82.9 Å². The second-order valence-corrected chi connectivity index (χ2v) is 22.6. The van der Waals surface area contributed by atoms with Crippen molar-refractivity contribution in [2.24, 2.45) is 0 Å². The lowest BCUT2D eigenvalue weighted by Crippen LogP contribution is -2.64. The number of anilines is 9. The molecule has 3 aliphatic heterocycles. The van der Waals surface area contributed by atoms with Gasteiger partial charge in [-0.15, -0.1) is 0 Å². The van der Waals surface area contributed by atoms with Crippen molar-refractivity contribution < 1.29 is 13.3 Å². The van der Waals surface area contributed by atoms with Crippen LogP contribution >= 0.6 is 0 Å². The highest BCUT2D eigenvalue weighted by atomic mass is 28.3. The third-order valence-corrected chi connectivity index (χ3v) is 19.7. The third-order valence-electron chi connectivity index (χ3n) is 16.2. The van der Waals surface area contributed by atoms with Gasteiger partial charge in [-0.3, -0.25) is 0 Å². The molecule has 3 aromatic heterocycles. The maximum Gasteiger partial charge on any atom is 0.149 e. The Hall–Kier alpha value is -9.56. The maximum atomic E-state index is 6.60. The van der Waals surface area contributed by atoms with E-state index in [4.69, 9.17) is 13.3 Å². The highest BCUT2D eigenvalue weighted by molar-refractivity contribution is 7.02. The van der Waals surface area contributed by atoms with Crippen molar-refractivity contribution in [3.63, 3.8) is 0 Å². The van der Waals surface area contributed by atoms with E-state index in [2.05, 4.69) is 233 Å². The second kappa shape index (κ2) is 13.6. The Bertz CT molecular complexity index is 4420. The van der Waals surface area contributed by atoms with Crippen molar-refractivity contribution in [1.82, 2.24) is 0 Å². The fraction of sp³-hybridized carbons (Fsp3) is 0. The molecule has 15 aromatic rings. The van der Waals surface area contributed by atoms with Crippen LogP contribution in [0.5, 0.6) is 0 Å². The van der Waals surface area contributed by atoms with Gasteiger partial charge in [0.05, 0.1) is 0 Å². The van der Waals surface area contributed by atoms with Gasteiger partial charge < -0.3 is 28.0 Å². The summed E-state index contributed by atoms with van der Waals surface area (Å²) in [5.74, 6) is 0. The molecule has 12 aromatic carbocycles. The summed E-state index contributed by atoms with van der Waals surface area (Å²) >= 11 is 0. The zero-order valence-corrected chi connectivity index (χ0v) is 40.1. The van der Waals surface area contributed by atoms with Gasteiger partial charge >= 0.3 is 0 Å². The molecule has 0 fully saturated rings. The number of furan rings is 3. The zero-order valence-electron chi connectivity index (χ0n) is 38.9. The molecule has 0 unspecified atom stereocenters. The van der Waals surface area contributed by atoms with E-state index in [1.165, 1.54) is 82.0 Å². The Balaban J connectivity index is 0.909. The Morgan fingerprint density at radius 3 is 0.781 bits per heavy atom. The van der Waals surface area contributed by atoms with Gasteiger partial charge in [-0.2, -0.15) is 0 Å². The predicted octanol–water partition coefficient (Wildman–Crippen LogP) is 16.4. The van der Waals surface area contributed by atoms with Crippen LogP contribution in [0.4, 0.5) is 51.2 Å². The van der Waals surface area contributed by atoms with Crippen LogP contribution in [0.1, 0.15) is 0 Å². The Kier molecular flexibility index (Phi) is 7.14. The second-order valence-electron chi connectivity index (χ2n) is 20.0. The van der Waals surface area contributed by atoms with Crippen molar-refractivity contribution in [3.05, 3.63) is 218 Å². The van der Waals surface area contributed by atoms with E-state index in [-0.39, 0.29) is 0 Å². The van der Waals surface area contributed by atoms with Gasteiger partial charge in [-0.25, -0.2) is 0 Å². The Morgan fingerprint density at radius 2 is 0.493 bits per heavy atom. The standard InChI is InChI=1S/C66H37N3O3Si/c1-4-13-40-31-61-46(28-37(40)10-1)49-34-43(22-25-58(49)70-61)67-52-16-7-18-54-64(52)73-65-53(67)17-8-19-55(65)69(45-24-27-60-51(36-45)48-30-39-12-3-6-15-42(39)33-63(48)72-60)57-21-9-20-56(66(57)73)68(54)44-23-26-59-50(35-44)47-29-38-11-2-5-14-41(38)32-62(47)71-59/h1-36,73H. The number of hydrogen-bond donors (Lipinski definition) is 0. The molecule has 18 rings (SSSR count). The average Bonchev–Trinajstić information content (AvgIpc) is 4.11. The van der Waals surface area contributed by atoms with E-state index in [1.807, 2.05) is 0 Å². The highest BCUT2D eigenvalue weighted by Crippen LogP contribution is 2.51. The molecule has 6 nitrogen and oxygen atoms in total. The van der Waals surface area contributed by atoms with Crippen LogP contribution in [0, 0.1) is 0 Å². The minimum absolute atomic E-state index is 0.879. The largest absolute Gasteiger partial charge is 0.456 e. The van der Waals surface area contributed by atoms with Gasteiger partial charge in [0.25, 0.3) is 0 Å². The fourth-order valence-corrected chi connectivity index (χ4v) is 17.1. The summed E-state index contributed by atoms with van der Waals surface area (Å²) in [5, 5.41) is 18.0.